The SMILES string of the molecule is COc1ccc2c3c(c(=O)oc2c1OCC(=O)c1c(C)n(C)c2ccccc12)CCCC3. The molecular formula is C26H25NO5. The average Bonchev–Trinajstić information content (AvgIpc) is 3.07. The first-order valence-corrected chi connectivity index (χ1v) is 10.9. The van der Waals surface area contributed by atoms with E-state index in [9.17, 15) is 9.59 Å². The number of carbonyl (C=O) groups is 1. The van der Waals surface area contributed by atoms with Crippen LogP contribution in [-0.2, 0) is 19.9 Å². The van der Waals surface area contributed by atoms with Crippen molar-refractivity contribution in [1.29, 1.82) is 0 Å². The predicted octanol–water partition coefficient (Wildman–Crippen LogP) is 4.74. The molecule has 0 N–H and O–H groups in total. The maximum Gasteiger partial charge on any atom is 0.339 e. The lowest BCUT2D eigenvalue weighted by atomic mass is 9.90. The zero-order chi connectivity index (χ0) is 22.4. The number of carbonyl (C=O) groups excluding carboxylic acids is 1. The van der Waals surface area contributed by atoms with Gasteiger partial charge in [-0.3, -0.25) is 4.79 Å². The second-order valence-corrected chi connectivity index (χ2v) is 8.28. The molecule has 5 rings (SSSR count). The molecule has 1 aliphatic rings. The van der Waals surface area contributed by atoms with Gasteiger partial charge in [-0.2, -0.15) is 0 Å². The Morgan fingerprint density at radius 3 is 2.59 bits per heavy atom. The number of nitrogens with zero attached hydrogens (tertiary/aromatic N) is 1. The summed E-state index contributed by atoms with van der Waals surface area (Å²) >= 11 is 0. The van der Waals surface area contributed by atoms with Crippen molar-refractivity contribution in [3.63, 3.8) is 0 Å². The van der Waals surface area contributed by atoms with Crippen LogP contribution in [0.3, 0.4) is 0 Å². The van der Waals surface area contributed by atoms with Gasteiger partial charge in [-0.05, 0) is 56.4 Å². The van der Waals surface area contributed by atoms with E-state index in [-0.39, 0.29) is 18.0 Å². The van der Waals surface area contributed by atoms with Gasteiger partial charge in [0.15, 0.2) is 17.9 Å². The zero-order valence-corrected chi connectivity index (χ0v) is 18.5. The molecular weight excluding hydrogens is 406 g/mol. The largest absolute Gasteiger partial charge is 0.493 e. The molecule has 0 saturated carbocycles. The van der Waals surface area contributed by atoms with Crippen molar-refractivity contribution in [1.82, 2.24) is 4.57 Å². The summed E-state index contributed by atoms with van der Waals surface area (Å²) in [5.41, 5.74) is 4.30. The van der Waals surface area contributed by atoms with Gasteiger partial charge in [0, 0.05) is 40.2 Å². The van der Waals surface area contributed by atoms with Crippen molar-refractivity contribution in [3.05, 3.63) is 69.2 Å². The number of Topliss-reactive ketones (excluding diaryl/α,β-unsaturated/α-hetero) is 1. The number of aryl methyl sites for hydroxylation is 2. The monoisotopic (exact) mass is 431 g/mol. The van der Waals surface area contributed by atoms with Crippen LogP contribution in [0, 0.1) is 6.92 Å². The summed E-state index contributed by atoms with van der Waals surface area (Å²) in [5, 5.41) is 1.75. The molecule has 6 heteroatoms. The molecule has 4 aromatic rings. The smallest absolute Gasteiger partial charge is 0.339 e. The van der Waals surface area contributed by atoms with Gasteiger partial charge in [0.25, 0.3) is 0 Å². The number of fused-ring (bicyclic) bond motifs is 4. The maximum atomic E-state index is 13.2. The fourth-order valence-electron chi connectivity index (χ4n) is 4.85. The zero-order valence-electron chi connectivity index (χ0n) is 18.5. The Bertz CT molecular complexity index is 1430. The highest BCUT2D eigenvalue weighted by atomic mass is 16.5. The van der Waals surface area contributed by atoms with Gasteiger partial charge in [-0.1, -0.05) is 18.2 Å². The Kier molecular flexibility index (Phi) is 5.00. The van der Waals surface area contributed by atoms with E-state index in [0.717, 1.165) is 58.8 Å². The summed E-state index contributed by atoms with van der Waals surface area (Å²) < 4.78 is 19.2. The quantitative estimate of drug-likeness (QED) is 0.337. The van der Waals surface area contributed by atoms with E-state index in [2.05, 4.69) is 0 Å². The van der Waals surface area contributed by atoms with E-state index in [1.165, 1.54) is 7.11 Å². The minimum absolute atomic E-state index is 0.140. The molecule has 0 unspecified atom stereocenters. The van der Waals surface area contributed by atoms with E-state index < -0.39 is 0 Å². The highest BCUT2D eigenvalue weighted by molar-refractivity contribution is 6.10. The molecule has 1 aliphatic carbocycles. The first-order valence-electron chi connectivity index (χ1n) is 10.9. The molecule has 2 aromatic heterocycles. The minimum atomic E-state index is -0.332. The van der Waals surface area contributed by atoms with Crippen LogP contribution >= 0.6 is 0 Å². The Labute approximate surface area is 185 Å². The number of hydrogen-bond acceptors (Lipinski definition) is 5. The van der Waals surface area contributed by atoms with Crippen molar-refractivity contribution < 1.29 is 18.7 Å². The average molecular weight is 431 g/mol. The summed E-state index contributed by atoms with van der Waals surface area (Å²) in [7, 11) is 3.47. The van der Waals surface area contributed by atoms with Crippen molar-refractivity contribution in [2.45, 2.75) is 32.6 Å². The van der Waals surface area contributed by atoms with Crippen LogP contribution in [-0.4, -0.2) is 24.1 Å². The fraction of sp³-hybridized carbons (Fsp3) is 0.308. The summed E-state index contributed by atoms with van der Waals surface area (Å²) in [5.74, 6) is 0.583. The first kappa shape index (κ1) is 20.4. The number of aromatic nitrogens is 1. The van der Waals surface area contributed by atoms with E-state index in [4.69, 9.17) is 13.9 Å². The third-order valence-electron chi connectivity index (χ3n) is 6.56. The lowest BCUT2D eigenvalue weighted by molar-refractivity contribution is 0.0920. The van der Waals surface area contributed by atoms with E-state index in [1.807, 2.05) is 48.9 Å². The van der Waals surface area contributed by atoms with Crippen LogP contribution in [0.2, 0.25) is 0 Å². The predicted molar refractivity (Wildman–Crippen MR) is 123 cm³/mol. The van der Waals surface area contributed by atoms with Crippen molar-refractivity contribution in [2.24, 2.45) is 7.05 Å². The molecule has 0 fully saturated rings. The number of hydrogen-bond donors (Lipinski definition) is 0. The normalized spacial score (nSPS) is 13.3. The van der Waals surface area contributed by atoms with Gasteiger partial charge in [-0.25, -0.2) is 4.79 Å². The number of ketones is 1. The molecule has 0 atom stereocenters. The van der Waals surface area contributed by atoms with Crippen LogP contribution in [0.1, 0.15) is 40.0 Å². The Balaban J connectivity index is 1.56. The summed E-state index contributed by atoms with van der Waals surface area (Å²) in [4.78, 5) is 25.9. The second kappa shape index (κ2) is 7.86. The lowest BCUT2D eigenvalue weighted by Gasteiger charge is -2.18. The summed E-state index contributed by atoms with van der Waals surface area (Å²) in [6.45, 7) is 1.74. The van der Waals surface area contributed by atoms with Crippen molar-refractivity contribution in [2.75, 3.05) is 13.7 Å². The number of rotatable bonds is 5. The van der Waals surface area contributed by atoms with E-state index in [1.54, 1.807) is 6.07 Å². The van der Waals surface area contributed by atoms with Gasteiger partial charge >= 0.3 is 5.63 Å². The molecule has 164 valence electrons. The third-order valence-corrected chi connectivity index (χ3v) is 6.56. The van der Waals surface area contributed by atoms with Gasteiger partial charge in [0.05, 0.1) is 7.11 Å². The summed E-state index contributed by atoms with van der Waals surface area (Å²) in [6.07, 6.45) is 3.58. The molecule has 0 aliphatic heterocycles. The first-order chi connectivity index (χ1) is 15.5. The molecule has 2 aromatic carbocycles. The number of methoxy groups -OCH3 is 1. The highest BCUT2D eigenvalue weighted by Gasteiger charge is 2.24. The lowest BCUT2D eigenvalue weighted by Crippen LogP contribution is -2.17. The molecule has 6 nitrogen and oxygen atoms in total. The molecule has 0 bridgehead atoms. The Morgan fingerprint density at radius 1 is 1.06 bits per heavy atom. The number of benzene rings is 2. The van der Waals surface area contributed by atoms with Crippen molar-refractivity contribution >= 4 is 27.7 Å². The van der Waals surface area contributed by atoms with Crippen LogP contribution in [0.5, 0.6) is 11.5 Å². The van der Waals surface area contributed by atoms with E-state index >= 15 is 0 Å². The second-order valence-electron chi connectivity index (χ2n) is 8.28. The summed E-state index contributed by atoms with van der Waals surface area (Å²) in [6, 6.07) is 11.5. The van der Waals surface area contributed by atoms with Crippen LogP contribution in [0.15, 0.2) is 45.6 Å². The van der Waals surface area contributed by atoms with Gasteiger partial charge in [-0.15, -0.1) is 0 Å². The molecule has 2 heterocycles. The molecule has 0 radical (unpaired) electrons. The topological polar surface area (TPSA) is 70.7 Å². The van der Waals surface area contributed by atoms with Crippen molar-refractivity contribution in [3.8, 4) is 11.5 Å². The van der Waals surface area contributed by atoms with Gasteiger partial charge in [0.2, 0.25) is 11.5 Å². The van der Waals surface area contributed by atoms with Crippen LogP contribution in [0.4, 0.5) is 0 Å². The Morgan fingerprint density at radius 2 is 1.81 bits per heavy atom. The standard InChI is InChI=1S/C26H25NO5/c1-15-23(19-10-6-7-11-20(19)27(15)2)21(28)14-31-25-22(30-3)13-12-17-16-8-4-5-9-18(16)26(29)32-24(17)25/h6-7,10-13H,4-5,8-9,14H2,1-3H3. The molecule has 32 heavy (non-hydrogen) atoms. The number of para-hydroxylation sites is 1. The highest BCUT2D eigenvalue weighted by Crippen LogP contribution is 2.38. The molecule has 0 spiro atoms. The Hall–Kier alpha value is -3.54. The van der Waals surface area contributed by atoms with Crippen LogP contribution < -0.4 is 15.1 Å². The number of ether oxygens (including phenoxy) is 2. The molecule has 0 saturated heterocycles. The van der Waals surface area contributed by atoms with Gasteiger partial charge < -0.3 is 18.5 Å². The maximum absolute atomic E-state index is 13.2. The fourth-order valence-corrected chi connectivity index (χ4v) is 4.85. The minimum Gasteiger partial charge on any atom is -0.493 e. The van der Waals surface area contributed by atoms with Crippen LogP contribution in [0.25, 0.3) is 21.9 Å². The third kappa shape index (κ3) is 3.09. The van der Waals surface area contributed by atoms with Gasteiger partial charge in [0.1, 0.15) is 0 Å². The van der Waals surface area contributed by atoms with E-state index in [0.29, 0.717) is 22.6 Å². The molecule has 0 amide bonds.